The van der Waals surface area contributed by atoms with Gasteiger partial charge >= 0.3 is 0 Å². The molecule has 2 aromatic rings. The number of aryl methyl sites for hydroxylation is 2. The highest BCUT2D eigenvalue weighted by atomic mass is 16.5. The molecule has 3 heteroatoms. The van der Waals surface area contributed by atoms with Crippen LogP contribution in [-0.2, 0) is 6.42 Å². The second-order valence-electron chi connectivity index (χ2n) is 3.74. The van der Waals surface area contributed by atoms with Gasteiger partial charge < -0.3 is 4.52 Å². The molecule has 3 nitrogen and oxygen atoms in total. The van der Waals surface area contributed by atoms with Gasteiger partial charge in [-0.15, -0.1) is 0 Å². The van der Waals surface area contributed by atoms with Crippen LogP contribution in [0.1, 0.15) is 28.5 Å². The molecule has 0 spiro atoms. The Morgan fingerprint density at radius 3 is 2.75 bits per heavy atom. The van der Waals surface area contributed by atoms with E-state index in [0.29, 0.717) is 17.7 Å². The predicted octanol–water partition coefficient (Wildman–Crippen LogP) is 3.02. The molecule has 0 fully saturated rings. The number of rotatable bonds is 3. The second-order valence-corrected chi connectivity index (χ2v) is 3.74. The van der Waals surface area contributed by atoms with Crippen molar-refractivity contribution in [1.82, 2.24) is 5.16 Å². The molecular weight excluding hydrogens is 202 g/mol. The molecule has 0 N–H and O–H groups in total. The van der Waals surface area contributed by atoms with Gasteiger partial charge in [0.2, 0.25) is 0 Å². The summed E-state index contributed by atoms with van der Waals surface area (Å²) in [4.78, 5) is 10.5. The summed E-state index contributed by atoms with van der Waals surface area (Å²) in [5, 5.41) is 3.65. The average Bonchev–Trinajstić information content (AvgIpc) is 2.77. The van der Waals surface area contributed by atoms with Gasteiger partial charge in [0.15, 0.2) is 12.0 Å². The van der Waals surface area contributed by atoms with Crippen LogP contribution in [0.4, 0.5) is 0 Å². The van der Waals surface area contributed by atoms with E-state index in [1.807, 2.05) is 13.0 Å². The Morgan fingerprint density at radius 2 is 2.19 bits per heavy atom. The summed E-state index contributed by atoms with van der Waals surface area (Å²) in [6.45, 7) is 4.14. The van der Waals surface area contributed by atoms with Crippen LogP contribution in [-0.4, -0.2) is 11.4 Å². The van der Waals surface area contributed by atoms with Crippen LogP contribution in [0.3, 0.4) is 0 Å². The molecule has 0 aliphatic carbocycles. The standard InChI is InChI=1S/C13H13NO2/c1-3-10-4-5-12(9(2)6-10)13-7-11(8-15)14-16-13/h4-8H,3H2,1-2H3. The molecule has 1 aromatic carbocycles. The molecule has 16 heavy (non-hydrogen) atoms. The third-order valence-electron chi connectivity index (χ3n) is 2.61. The molecule has 1 aromatic heterocycles. The smallest absolute Gasteiger partial charge is 0.171 e. The van der Waals surface area contributed by atoms with Crippen LogP contribution in [0.25, 0.3) is 11.3 Å². The highest BCUT2D eigenvalue weighted by molar-refractivity contribution is 5.75. The Balaban J connectivity index is 2.43. The van der Waals surface area contributed by atoms with E-state index in [-0.39, 0.29) is 0 Å². The molecule has 0 aliphatic heterocycles. The van der Waals surface area contributed by atoms with Crippen LogP contribution in [0, 0.1) is 6.92 Å². The Kier molecular flexibility index (Phi) is 2.86. The zero-order chi connectivity index (χ0) is 11.5. The lowest BCUT2D eigenvalue weighted by Crippen LogP contribution is -1.85. The minimum absolute atomic E-state index is 0.328. The molecule has 0 bridgehead atoms. The van der Waals surface area contributed by atoms with Crippen LogP contribution >= 0.6 is 0 Å². The van der Waals surface area contributed by atoms with Crippen molar-refractivity contribution in [3.63, 3.8) is 0 Å². The van der Waals surface area contributed by atoms with Gasteiger partial charge in [-0.25, -0.2) is 0 Å². The molecule has 0 aliphatic rings. The fourth-order valence-electron chi connectivity index (χ4n) is 1.69. The van der Waals surface area contributed by atoms with E-state index in [1.54, 1.807) is 6.07 Å². The van der Waals surface area contributed by atoms with Crippen molar-refractivity contribution < 1.29 is 9.32 Å². The molecular formula is C13H13NO2. The lowest BCUT2D eigenvalue weighted by Gasteiger charge is -2.03. The predicted molar refractivity (Wildman–Crippen MR) is 61.4 cm³/mol. The molecule has 0 unspecified atom stereocenters. The molecule has 0 radical (unpaired) electrons. The van der Waals surface area contributed by atoms with E-state index in [1.165, 1.54) is 5.56 Å². The topological polar surface area (TPSA) is 43.1 Å². The van der Waals surface area contributed by atoms with Gasteiger partial charge in [-0.3, -0.25) is 4.79 Å². The van der Waals surface area contributed by atoms with Crippen LogP contribution in [0.5, 0.6) is 0 Å². The number of carbonyl (C=O) groups excluding carboxylic acids is 1. The first-order chi connectivity index (χ1) is 7.74. The van der Waals surface area contributed by atoms with E-state index >= 15 is 0 Å². The monoisotopic (exact) mass is 215 g/mol. The SMILES string of the molecule is CCc1ccc(-c2cc(C=O)no2)c(C)c1. The molecule has 2 rings (SSSR count). The van der Waals surface area contributed by atoms with Gasteiger partial charge in [0.25, 0.3) is 0 Å². The summed E-state index contributed by atoms with van der Waals surface area (Å²) in [5.41, 5.74) is 3.73. The zero-order valence-corrected chi connectivity index (χ0v) is 9.36. The summed E-state index contributed by atoms with van der Waals surface area (Å²) >= 11 is 0. The van der Waals surface area contributed by atoms with Crippen molar-refractivity contribution in [3.05, 3.63) is 41.1 Å². The van der Waals surface area contributed by atoms with Crippen molar-refractivity contribution in [3.8, 4) is 11.3 Å². The summed E-state index contributed by atoms with van der Waals surface area (Å²) in [6, 6.07) is 7.84. The first-order valence-electron chi connectivity index (χ1n) is 5.26. The number of hydrogen-bond acceptors (Lipinski definition) is 3. The van der Waals surface area contributed by atoms with E-state index < -0.39 is 0 Å². The summed E-state index contributed by atoms with van der Waals surface area (Å²) < 4.78 is 5.11. The van der Waals surface area contributed by atoms with Gasteiger partial charge in [0.1, 0.15) is 5.69 Å². The van der Waals surface area contributed by atoms with E-state index in [2.05, 4.69) is 24.2 Å². The fraction of sp³-hybridized carbons (Fsp3) is 0.231. The van der Waals surface area contributed by atoms with Gasteiger partial charge in [-0.05, 0) is 24.5 Å². The Hall–Kier alpha value is -1.90. The van der Waals surface area contributed by atoms with Crippen molar-refractivity contribution in [1.29, 1.82) is 0 Å². The molecule has 1 heterocycles. The van der Waals surface area contributed by atoms with Crippen LogP contribution < -0.4 is 0 Å². The number of nitrogens with zero attached hydrogens (tertiary/aromatic N) is 1. The highest BCUT2D eigenvalue weighted by Gasteiger charge is 2.08. The number of carbonyl (C=O) groups is 1. The molecule has 0 atom stereocenters. The first-order valence-corrected chi connectivity index (χ1v) is 5.26. The Morgan fingerprint density at radius 1 is 1.38 bits per heavy atom. The maximum absolute atomic E-state index is 10.5. The summed E-state index contributed by atoms with van der Waals surface area (Å²) in [5.74, 6) is 0.641. The normalized spacial score (nSPS) is 10.4. The zero-order valence-electron chi connectivity index (χ0n) is 9.36. The molecule has 0 saturated heterocycles. The quantitative estimate of drug-likeness (QED) is 0.739. The number of benzene rings is 1. The highest BCUT2D eigenvalue weighted by Crippen LogP contribution is 2.24. The third kappa shape index (κ3) is 1.89. The van der Waals surface area contributed by atoms with Crippen LogP contribution in [0.15, 0.2) is 28.8 Å². The maximum Gasteiger partial charge on any atom is 0.171 e. The Labute approximate surface area is 94.1 Å². The Bertz CT molecular complexity index is 514. The largest absolute Gasteiger partial charge is 0.356 e. The molecule has 0 saturated carbocycles. The van der Waals surface area contributed by atoms with E-state index in [9.17, 15) is 4.79 Å². The molecule has 0 amide bonds. The number of aromatic nitrogens is 1. The van der Waals surface area contributed by atoms with Crippen molar-refractivity contribution >= 4 is 6.29 Å². The van der Waals surface area contributed by atoms with Crippen LogP contribution in [0.2, 0.25) is 0 Å². The van der Waals surface area contributed by atoms with Crippen molar-refractivity contribution in [2.45, 2.75) is 20.3 Å². The fourth-order valence-corrected chi connectivity index (χ4v) is 1.69. The first kappa shape index (κ1) is 10.6. The lowest BCUT2D eigenvalue weighted by molar-refractivity contribution is 0.111. The lowest BCUT2D eigenvalue weighted by atomic mass is 10.0. The third-order valence-corrected chi connectivity index (χ3v) is 2.61. The second kappa shape index (κ2) is 4.31. The number of hydrogen-bond donors (Lipinski definition) is 0. The average molecular weight is 215 g/mol. The van der Waals surface area contributed by atoms with Crippen molar-refractivity contribution in [2.75, 3.05) is 0 Å². The van der Waals surface area contributed by atoms with Gasteiger partial charge in [0.05, 0.1) is 0 Å². The molecule has 82 valence electrons. The minimum Gasteiger partial charge on any atom is -0.356 e. The maximum atomic E-state index is 10.5. The number of aldehydes is 1. The summed E-state index contributed by atoms with van der Waals surface area (Å²) in [7, 11) is 0. The van der Waals surface area contributed by atoms with Gasteiger partial charge in [-0.2, -0.15) is 0 Å². The van der Waals surface area contributed by atoms with Gasteiger partial charge in [0, 0.05) is 11.6 Å². The summed E-state index contributed by atoms with van der Waals surface area (Å²) in [6.07, 6.45) is 1.69. The van der Waals surface area contributed by atoms with Crippen molar-refractivity contribution in [2.24, 2.45) is 0 Å². The van der Waals surface area contributed by atoms with E-state index in [4.69, 9.17) is 4.52 Å². The minimum atomic E-state index is 0.328. The van der Waals surface area contributed by atoms with E-state index in [0.717, 1.165) is 17.5 Å². The van der Waals surface area contributed by atoms with Gasteiger partial charge in [-0.1, -0.05) is 30.3 Å².